The van der Waals surface area contributed by atoms with Crippen LogP contribution in [0.2, 0.25) is 0 Å². The van der Waals surface area contributed by atoms with E-state index in [1.54, 1.807) is 11.9 Å². The van der Waals surface area contributed by atoms with E-state index in [1.807, 2.05) is 20.1 Å². The Hall–Kier alpha value is -0.630. The molecule has 0 aliphatic carbocycles. The lowest BCUT2D eigenvalue weighted by atomic mass is 10.0. The van der Waals surface area contributed by atoms with Gasteiger partial charge < -0.3 is 14.8 Å². The summed E-state index contributed by atoms with van der Waals surface area (Å²) < 4.78 is 13.7. The number of carbonyl (C=O) groups is 2. The molecule has 0 radical (unpaired) electrons. The molecule has 1 amide bonds. The molecule has 2 N–H and O–H groups in total. The third kappa shape index (κ3) is 14.1. The zero-order chi connectivity index (χ0) is 15.9. The van der Waals surface area contributed by atoms with Crippen LogP contribution >= 0.6 is 11.9 Å². The first-order valence-corrected chi connectivity index (χ1v) is 8.51. The molecule has 0 aliphatic heterocycles. The van der Waals surface area contributed by atoms with Crippen LogP contribution in [0.3, 0.4) is 0 Å². The minimum atomic E-state index is -0.105. The minimum Gasteiger partial charge on any atom is -0.378 e. The minimum absolute atomic E-state index is 0.00717. The first kappa shape index (κ1) is 20.4. The van der Waals surface area contributed by atoms with Crippen molar-refractivity contribution >= 4 is 23.6 Å². The maximum atomic E-state index is 11.5. The van der Waals surface area contributed by atoms with Gasteiger partial charge in [0.25, 0.3) is 0 Å². The van der Waals surface area contributed by atoms with E-state index in [1.165, 1.54) is 0 Å². The Morgan fingerprint density at radius 1 is 1.00 bits per heavy atom. The van der Waals surface area contributed by atoms with Crippen LogP contribution in [0.5, 0.6) is 0 Å². The van der Waals surface area contributed by atoms with Crippen LogP contribution in [0.1, 0.15) is 26.7 Å². The molecule has 0 atom stereocenters. The van der Waals surface area contributed by atoms with Crippen LogP contribution in [0.25, 0.3) is 0 Å². The summed E-state index contributed by atoms with van der Waals surface area (Å²) in [6.45, 7) is 7.13. The molecule has 0 aromatic carbocycles. The molecule has 0 unspecified atom stereocenters. The van der Waals surface area contributed by atoms with E-state index in [0.29, 0.717) is 39.4 Å². The van der Waals surface area contributed by atoms with E-state index in [0.717, 1.165) is 6.54 Å². The molecule has 0 saturated heterocycles. The van der Waals surface area contributed by atoms with Gasteiger partial charge in [-0.3, -0.25) is 14.3 Å². The zero-order valence-electron chi connectivity index (χ0n) is 13.3. The number of carbonyl (C=O) groups excluding carboxylic acids is 2. The van der Waals surface area contributed by atoms with Crippen LogP contribution in [0, 0.1) is 5.92 Å². The van der Waals surface area contributed by atoms with Crippen LogP contribution in [-0.2, 0) is 19.1 Å². The van der Waals surface area contributed by atoms with Crippen molar-refractivity contribution in [2.45, 2.75) is 26.7 Å². The van der Waals surface area contributed by atoms with Crippen molar-refractivity contribution in [3.05, 3.63) is 0 Å². The molecular weight excluding hydrogens is 292 g/mol. The molecule has 7 heteroatoms. The average Bonchev–Trinajstić information content (AvgIpc) is 2.46. The van der Waals surface area contributed by atoms with Crippen LogP contribution in [0.15, 0.2) is 0 Å². The first-order valence-electron chi connectivity index (χ1n) is 7.28. The second-order valence-corrected chi connectivity index (χ2v) is 5.49. The highest BCUT2D eigenvalue weighted by atomic mass is 32.2. The summed E-state index contributed by atoms with van der Waals surface area (Å²) in [5.74, 6) is 0.00811. The summed E-state index contributed by atoms with van der Waals surface area (Å²) in [4.78, 5) is 22.8. The summed E-state index contributed by atoms with van der Waals surface area (Å²) in [6, 6.07) is 0. The summed E-state index contributed by atoms with van der Waals surface area (Å²) in [5.41, 5.74) is 0. The number of nitrogens with one attached hydrogen (secondary N) is 2. The molecule has 0 rings (SSSR count). The fraction of sp³-hybridized carbons (Fsp3) is 0.857. The monoisotopic (exact) mass is 320 g/mol. The standard InChI is InChI=1S/C14H28N2O4S/c1-12(2)13(17)4-5-14(18)15-6-8-19-10-11-20-9-7-16-21-3/h12,16H,4-11H2,1-3H3,(H,15,18). The number of amides is 1. The first-order chi connectivity index (χ1) is 10.1. The number of ketones is 1. The van der Waals surface area contributed by atoms with E-state index in [-0.39, 0.29) is 24.0 Å². The van der Waals surface area contributed by atoms with Crippen molar-refractivity contribution in [2.24, 2.45) is 5.92 Å². The lowest BCUT2D eigenvalue weighted by Crippen LogP contribution is -2.28. The number of Topliss-reactive ketones (excluding diaryl/α,β-unsaturated/α-hetero) is 1. The Kier molecular flexibility index (Phi) is 13.9. The van der Waals surface area contributed by atoms with Gasteiger partial charge in [0.1, 0.15) is 5.78 Å². The molecule has 0 spiro atoms. The molecule has 0 aromatic heterocycles. The fourth-order valence-electron chi connectivity index (χ4n) is 1.41. The highest BCUT2D eigenvalue weighted by molar-refractivity contribution is 7.96. The molecule has 0 fully saturated rings. The highest BCUT2D eigenvalue weighted by Crippen LogP contribution is 2.01. The van der Waals surface area contributed by atoms with Gasteiger partial charge in [0, 0.05) is 31.8 Å². The van der Waals surface area contributed by atoms with E-state index in [9.17, 15) is 9.59 Å². The lowest BCUT2D eigenvalue weighted by molar-refractivity contribution is -0.126. The molecule has 6 nitrogen and oxygen atoms in total. The molecule has 0 bridgehead atoms. The fourth-order valence-corrected chi connectivity index (χ4v) is 1.70. The van der Waals surface area contributed by atoms with Crippen molar-refractivity contribution in [1.82, 2.24) is 10.0 Å². The normalized spacial score (nSPS) is 10.9. The van der Waals surface area contributed by atoms with E-state index < -0.39 is 0 Å². The summed E-state index contributed by atoms with van der Waals surface area (Å²) in [7, 11) is 0. The summed E-state index contributed by atoms with van der Waals surface area (Å²) in [6.07, 6.45) is 2.53. The maximum absolute atomic E-state index is 11.5. The topological polar surface area (TPSA) is 76.7 Å². The Labute approximate surface area is 131 Å². The SMILES string of the molecule is CSNCCOCCOCCNC(=O)CCC(=O)C(C)C. The highest BCUT2D eigenvalue weighted by Gasteiger charge is 2.09. The molecule has 0 aliphatic rings. The third-order valence-corrected chi connectivity index (χ3v) is 3.17. The van der Waals surface area contributed by atoms with E-state index >= 15 is 0 Å². The molecule has 21 heavy (non-hydrogen) atoms. The number of rotatable bonds is 14. The second kappa shape index (κ2) is 14.3. The predicted molar refractivity (Wildman–Crippen MR) is 85.2 cm³/mol. The van der Waals surface area contributed by atoms with Gasteiger partial charge in [0.2, 0.25) is 5.91 Å². The van der Waals surface area contributed by atoms with E-state index in [2.05, 4.69) is 10.0 Å². The summed E-state index contributed by atoms with van der Waals surface area (Å²) >= 11 is 1.56. The molecule has 0 saturated carbocycles. The molecule has 0 heterocycles. The number of hydrogen-bond acceptors (Lipinski definition) is 6. The van der Waals surface area contributed by atoms with Crippen molar-refractivity contribution in [2.75, 3.05) is 45.8 Å². The van der Waals surface area contributed by atoms with Crippen molar-refractivity contribution in [1.29, 1.82) is 0 Å². The average molecular weight is 320 g/mol. The van der Waals surface area contributed by atoms with E-state index in [4.69, 9.17) is 9.47 Å². The van der Waals surface area contributed by atoms with Gasteiger partial charge in [-0.2, -0.15) is 0 Å². The van der Waals surface area contributed by atoms with Crippen molar-refractivity contribution in [3.8, 4) is 0 Å². The van der Waals surface area contributed by atoms with Crippen LogP contribution in [-0.4, -0.2) is 57.5 Å². The van der Waals surface area contributed by atoms with Gasteiger partial charge in [-0.25, -0.2) is 0 Å². The Morgan fingerprint density at radius 3 is 2.19 bits per heavy atom. The molecule has 0 aromatic rings. The Morgan fingerprint density at radius 2 is 1.62 bits per heavy atom. The molecular formula is C14H28N2O4S. The zero-order valence-corrected chi connectivity index (χ0v) is 14.1. The van der Waals surface area contributed by atoms with Gasteiger partial charge in [-0.1, -0.05) is 25.8 Å². The van der Waals surface area contributed by atoms with Gasteiger partial charge in [-0.15, -0.1) is 0 Å². The largest absolute Gasteiger partial charge is 0.378 e. The maximum Gasteiger partial charge on any atom is 0.220 e. The van der Waals surface area contributed by atoms with Crippen LogP contribution in [0.4, 0.5) is 0 Å². The van der Waals surface area contributed by atoms with Gasteiger partial charge in [-0.05, 0) is 6.26 Å². The second-order valence-electron chi connectivity index (χ2n) is 4.79. The van der Waals surface area contributed by atoms with Crippen molar-refractivity contribution in [3.63, 3.8) is 0 Å². The van der Waals surface area contributed by atoms with Gasteiger partial charge in [0.05, 0.1) is 26.4 Å². The molecule has 124 valence electrons. The number of hydrogen-bond donors (Lipinski definition) is 2. The van der Waals surface area contributed by atoms with Gasteiger partial charge in [0.15, 0.2) is 0 Å². The van der Waals surface area contributed by atoms with Gasteiger partial charge >= 0.3 is 0 Å². The smallest absolute Gasteiger partial charge is 0.220 e. The summed E-state index contributed by atoms with van der Waals surface area (Å²) in [5, 5.41) is 2.73. The Bertz CT molecular complexity index is 288. The lowest BCUT2D eigenvalue weighted by Gasteiger charge is -2.08. The number of ether oxygens (including phenoxy) is 2. The quantitative estimate of drug-likeness (QED) is 0.367. The Balaban J connectivity index is 3.27. The third-order valence-electron chi connectivity index (χ3n) is 2.68. The van der Waals surface area contributed by atoms with Crippen molar-refractivity contribution < 1.29 is 19.1 Å². The predicted octanol–water partition coefficient (Wildman–Crippen LogP) is 1.01. The van der Waals surface area contributed by atoms with Crippen LogP contribution < -0.4 is 10.0 Å².